The van der Waals surface area contributed by atoms with Crippen LogP contribution in [0.5, 0.6) is 5.75 Å². The number of rotatable bonds is 6. The number of anilines is 1. The van der Waals surface area contributed by atoms with E-state index in [9.17, 15) is 27.1 Å². The Hall–Kier alpha value is -3.54. The second kappa shape index (κ2) is 11.7. The van der Waals surface area contributed by atoms with E-state index in [1.807, 2.05) is 6.92 Å². The predicted octanol–water partition coefficient (Wildman–Crippen LogP) is 4.56. The normalized spacial score (nSPS) is 19.6. The van der Waals surface area contributed by atoms with Gasteiger partial charge in [-0.15, -0.1) is 0 Å². The number of nitrogens with zero attached hydrogens (tertiary/aromatic N) is 2. The molecule has 0 saturated carbocycles. The Labute approximate surface area is 226 Å². The third-order valence-electron chi connectivity index (χ3n) is 6.74. The molecule has 2 N–H and O–H groups in total. The Kier molecular flexibility index (Phi) is 8.53. The summed E-state index contributed by atoms with van der Waals surface area (Å²) in [4.78, 5) is 14.2. The van der Waals surface area contributed by atoms with Gasteiger partial charge in [-0.1, -0.05) is 25.1 Å². The number of aliphatic hydroxyl groups excluding tert-OH is 1. The fraction of sp³-hybridized carbons (Fsp3) is 0.321. The number of hydrogen-bond acceptors (Lipinski definition) is 5. The fourth-order valence-electron chi connectivity index (χ4n) is 4.37. The SMILES string of the molecule is C[C@H]1CN([C@@H](C)CO)S(=O)(=O)c2ccc(-c3ccc(F)cc3)cc2O[C@@H]1CN(C)C(=O)Nc1ccc(F)cc1. The van der Waals surface area contributed by atoms with Crippen LogP contribution in [-0.4, -0.2) is 67.7 Å². The molecule has 0 aliphatic carbocycles. The van der Waals surface area contributed by atoms with E-state index in [-0.39, 0.29) is 36.3 Å². The average Bonchev–Trinajstić information content (AvgIpc) is 2.91. The number of amides is 2. The van der Waals surface area contributed by atoms with Crippen molar-refractivity contribution in [3.05, 3.63) is 78.4 Å². The highest BCUT2D eigenvalue weighted by Crippen LogP contribution is 2.36. The van der Waals surface area contributed by atoms with Crippen molar-refractivity contribution in [2.45, 2.75) is 30.9 Å². The number of sulfonamides is 1. The lowest BCUT2D eigenvalue weighted by Gasteiger charge is -2.37. The number of halogens is 2. The number of fused-ring (bicyclic) bond motifs is 1. The number of likely N-dealkylation sites (N-methyl/N-ethyl adjacent to an activating group) is 1. The number of benzene rings is 3. The highest BCUT2D eigenvalue weighted by molar-refractivity contribution is 7.89. The average molecular weight is 560 g/mol. The Morgan fingerprint density at radius 2 is 1.67 bits per heavy atom. The molecular weight excluding hydrogens is 528 g/mol. The van der Waals surface area contributed by atoms with Crippen molar-refractivity contribution in [3.8, 4) is 16.9 Å². The van der Waals surface area contributed by atoms with Gasteiger partial charge in [-0.05, 0) is 66.6 Å². The van der Waals surface area contributed by atoms with Crippen LogP contribution >= 0.6 is 0 Å². The van der Waals surface area contributed by atoms with Crippen LogP contribution in [-0.2, 0) is 10.0 Å². The molecule has 1 aliphatic rings. The fourth-order valence-corrected chi connectivity index (χ4v) is 6.20. The summed E-state index contributed by atoms with van der Waals surface area (Å²) in [7, 11) is -2.46. The second-order valence-corrected chi connectivity index (χ2v) is 11.6. The van der Waals surface area contributed by atoms with E-state index < -0.39 is 39.8 Å². The molecule has 8 nitrogen and oxygen atoms in total. The smallest absolute Gasteiger partial charge is 0.321 e. The zero-order valence-electron chi connectivity index (χ0n) is 21.8. The minimum absolute atomic E-state index is 0.0568. The van der Waals surface area contributed by atoms with Crippen LogP contribution in [0.25, 0.3) is 11.1 Å². The standard InChI is InChI=1S/C28H31F2N3O5S/c1-18-15-33(19(2)17-34)39(36,37)27-13-6-21(20-4-7-22(29)8-5-20)14-25(27)38-26(18)16-32(3)28(35)31-24-11-9-23(30)10-12-24/h4-14,18-19,26,34H,15-17H2,1-3H3,(H,31,35)/t18-,19-,26+/m0/s1. The lowest BCUT2D eigenvalue weighted by atomic mass is 10.0. The lowest BCUT2D eigenvalue weighted by molar-refractivity contribution is 0.0830. The number of hydrogen-bond donors (Lipinski definition) is 2. The summed E-state index contributed by atoms with van der Waals surface area (Å²) in [5, 5.41) is 12.5. The third-order valence-corrected chi connectivity index (χ3v) is 8.76. The van der Waals surface area contributed by atoms with Crippen molar-refractivity contribution < 1.29 is 31.8 Å². The van der Waals surface area contributed by atoms with E-state index in [4.69, 9.17) is 4.74 Å². The van der Waals surface area contributed by atoms with Crippen LogP contribution in [0, 0.1) is 17.6 Å². The molecule has 3 aromatic rings. The Morgan fingerprint density at radius 1 is 1.08 bits per heavy atom. The summed E-state index contributed by atoms with van der Waals surface area (Å²) >= 11 is 0. The molecule has 0 fully saturated rings. The number of ether oxygens (including phenoxy) is 1. The first kappa shape index (κ1) is 28.5. The van der Waals surface area contributed by atoms with Crippen LogP contribution < -0.4 is 10.1 Å². The maximum absolute atomic E-state index is 13.7. The second-order valence-electron chi connectivity index (χ2n) is 9.73. The van der Waals surface area contributed by atoms with Gasteiger partial charge in [0.15, 0.2) is 0 Å². The molecule has 208 valence electrons. The van der Waals surface area contributed by atoms with Crippen LogP contribution in [0.3, 0.4) is 0 Å². The molecule has 4 rings (SSSR count). The van der Waals surface area contributed by atoms with Gasteiger partial charge in [0, 0.05) is 31.2 Å². The van der Waals surface area contributed by atoms with E-state index >= 15 is 0 Å². The van der Waals surface area contributed by atoms with Gasteiger partial charge >= 0.3 is 6.03 Å². The molecule has 39 heavy (non-hydrogen) atoms. The molecular formula is C28H31F2N3O5S. The van der Waals surface area contributed by atoms with E-state index in [2.05, 4.69) is 5.32 Å². The highest BCUT2D eigenvalue weighted by Gasteiger charge is 2.38. The van der Waals surface area contributed by atoms with Crippen molar-refractivity contribution >= 4 is 21.7 Å². The molecule has 2 amide bonds. The third kappa shape index (κ3) is 6.38. The summed E-state index contributed by atoms with van der Waals surface area (Å²) in [5.41, 5.74) is 1.71. The van der Waals surface area contributed by atoms with Gasteiger partial charge in [-0.3, -0.25) is 0 Å². The van der Waals surface area contributed by atoms with Crippen molar-refractivity contribution in [1.29, 1.82) is 0 Å². The van der Waals surface area contributed by atoms with Gasteiger partial charge in [0.1, 0.15) is 28.4 Å². The van der Waals surface area contributed by atoms with Crippen molar-refractivity contribution in [1.82, 2.24) is 9.21 Å². The summed E-state index contributed by atoms with van der Waals surface area (Å²) in [6.45, 7) is 3.23. The number of nitrogens with one attached hydrogen (secondary N) is 1. The van der Waals surface area contributed by atoms with Gasteiger partial charge < -0.3 is 20.1 Å². The van der Waals surface area contributed by atoms with Crippen LogP contribution in [0.4, 0.5) is 19.3 Å². The lowest BCUT2D eigenvalue weighted by Crippen LogP contribution is -2.50. The molecule has 0 bridgehead atoms. The number of carbonyl (C=O) groups excluding carboxylic acids is 1. The van der Waals surface area contributed by atoms with E-state index in [1.165, 1.54) is 51.7 Å². The molecule has 3 aromatic carbocycles. The zero-order chi connectivity index (χ0) is 28.3. The van der Waals surface area contributed by atoms with Crippen molar-refractivity contribution in [2.75, 3.05) is 32.1 Å². The molecule has 0 aromatic heterocycles. The van der Waals surface area contributed by atoms with E-state index in [0.29, 0.717) is 16.8 Å². The molecule has 0 saturated heterocycles. The molecule has 1 heterocycles. The molecule has 1 aliphatic heterocycles. The van der Waals surface area contributed by atoms with E-state index in [1.54, 1.807) is 38.2 Å². The predicted molar refractivity (Wildman–Crippen MR) is 144 cm³/mol. The van der Waals surface area contributed by atoms with Gasteiger partial charge in [0.25, 0.3) is 0 Å². The number of carbonyl (C=O) groups is 1. The largest absolute Gasteiger partial charge is 0.487 e. The number of aliphatic hydroxyl groups is 1. The Balaban J connectivity index is 1.68. The van der Waals surface area contributed by atoms with E-state index in [0.717, 1.165) is 0 Å². The van der Waals surface area contributed by atoms with Crippen molar-refractivity contribution in [2.24, 2.45) is 5.92 Å². The summed E-state index contributed by atoms with van der Waals surface area (Å²) in [6, 6.07) is 14.7. The first-order chi connectivity index (χ1) is 18.5. The maximum Gasteiger partial charge on any atom is 0.321 e. The van der Waals surface area contributed by atoms with Crippen molar-refractivity contribution in [3.63, 3.8) is 0 Å². The maximum atomic E-state index is 13.7. The van der Waals surface area contributed by atoms with Gasteiger partial charge in [0.05, 0.1) is 13.2 Å². The topological polar surface area (TPSA) is 99.2 Å². The van der Waals surface area contributed by atoms with Crippen LogP contribution in [0.15, 0.2) is 71.6 Å². The minimum Gasteiger partial charge on any atom is -0.487 e. The summed E-state index contributed by atoms with van der Waals surface area (Å²) in [6.07, 6.45) is -0.625. The molecule has 0 radical (unpaired) electrons. The molecule has 3 atom stereocenters. The Morgan fingerprint density at radius 3 is 2.28 bits per heavy atom. The highest BCUT2D eigenvalue weighted by atomic mass is 32.2. The molecule has 11 heteroatoms. The summed E-state index contributed by atoms with van der Waals surface area (Å²) in [5.74, 6) is -1.10. The minimum atomic E-state index is -4.04. The molecule has 0 spiro atoms. The quantitative estimate of drug-likeness (QED) is 0.461. The van der Waals surface area contributed by atoms with Gasteiger partial charge in [-0.25, -0.2) is 22.0 Å². The van der Waals surface area contributed by atoms with Crippen LogP contribution in [0.1, 0.15) is 13.8 Å². The van der Waals surface area contributed by atoms with Gasteiger partial charge in [-0.2, -0.15) is 4.31 Å². The first-order valence-electron chi connectivity index (χ1n) is 12.5. The first-order valence-corrected chi connectivity index (χ1v) is 13.9. The number of urea groups is 1. The summed E-state index contributed by atoms with van der Waals surface area (Å²) < 4.78 is 61.6. The zero-order valence-corrected chi connectivity index (χ0v) is 22.7. The monoisotopic (exact) mass is 559 g/mol. The van der Waals surface area contributed by atoms with Crippen LogP contribution in [0.2, 0.25) is 0 Å². The molecule has 0 unspecified atom stereocenters. The Bertz CT molecular complexity index is 1420. The van der Waals surface area contributed by atoms with Gasteiger partial charge in [0.2, 0.25) is 10.0 Å².